The molecule has 0 bridgehead atoms. The second kappa shape index (κ2) is 2.25. The lowest BCUT2D eigenvalue weighted by molar-refractivity contribution is 1.10. The second-order valence-electron chi connectivity index (χ2n) is 3.49. The quantitative estimate of drug-likeness (QED) is 0.638. The van der Waals surface area contributed by atoms with Gasteiger partial charge in [0.15, 0.2) is 0 Å². The van der Waals surface area contributed by atoms with E-state index in [0.29, 0.717) is 0 Å². The van der Waals surface area contributed by atoms with Crippen LogP contribution in [-0.2, 0) is 6.42 Å². The maximum absolute atomic E-state index is 4.49. The summed E-state index contributed by atoms with van der Waals surface area (Å²) >= 11 is 0. The maximum Gasteiger partial charge on any atom is 0.104 e. The van der Waals surface area contributed by atoms with Crippen molar-refractivity contribution in [1.82, 2.24) is 9.97 Å². The fourth-order valence-corrected chi connectivity index (χ4v) is 2.00. The van der Waals surface area contributed by atoms with E-state index in [1.807, 2.05) is 6.92 Å². The SMILES string of the molecule is Cc1nc2c3c(ccc2[nH]1)NCC3. The molecule has 1 aromatic heterocycles. The summed E-state index contributed by atoms with van der Waals surface area (Å²) in [5.74, 6) is 0.996. The first kappa shape index (κ1) is 6.95. The normalized spacial score (nSPS) is 14.5. The summed E-state index contributed by atoms with van der Waals surface area (Å²) in [6.07, 6.45) is 1.09. The van der Waals surface area contributed by atoms with E-state index < -0.39 is 0 Å². The summed E-state index contributed by atoms with van der Waals surface area (Å²) in [6.45, 7) is 3.04. The van der Waals surface area contributed by atoms with Crippen LogP contribution in [0.1, 0.15) is 11.4 Å². The highest BCUT2D eigenvalue weighted by Gasteiger charge is 2.14. The first-order valence-electron chi connectivity index (χ1n) is 4.57. The monoisotopic (exact) mass is 173 g/mol. The molecular weight excluding hydrogens is 162 g/mol. The van der Waals surface area contributed by atoms with Crippen molar-refractivity contribution in [3.05, 3.63) is 23.5 Å². The minimum Gasteiger partial charge on any atom is -0.384 e. The molecule has 2 N–H and O–H groups in total. The molecule has 1 aliphatic heterocycles. The number of aryl methyl sites for hydroxylation is 1. The van der Waals surface area contributed by atoms with Crippen LogP contribution in [0.15, 0.2) is 12.1 Å². The number of aromatic amines is 1. The van der Waals surface area contributed by atoms with Crippen molar-refractivity contribution in [2.24, 2.45) is 0 Å². The topological polar surface area (TPSA) is 40.7 Å². The van der Waals surface area contributed by atoms with E-state index in [1.165, 1.54) is 11.3 Å². The summed E-state index contributed by atoms with van der Waals surface area (Å²) in [7, 11) is 0. The van der Waals surface area contributed by atoms with Crippen molar-refractivity contribution in [1.29, 1.82) is 0 Å². The first-order chi connectivity index (χ1) is 6.34. The fourth-order valence-electron chi connectivity index (χ4n) is 2.00. The van der Waals surface area contributed by atoms with Gasteiger partial charge in [-0.2, -0.15) is 0 Å². The number of H-pyrrole nitrogens is 1. The van der Waals surface area contributed by atoms with Gasteiger partial charge in [-0.05, 0) is 25.5 Å². The van der Waals surface area contributed by atoms with Gasteiger partial charge in [-0.1, -0.05) is 0 Å². The van der Waals surface area contributed by atoms with Gasteiger partial charge in [0.25, 0.3) is 0 Å². The molecular formula is C10H11N3. The molecule has 2 heterocycles. The van der Waals surface area contributed by atoms with E-state index in [9.17, 15) is 0 Å². The van der Waals surface area contributed by atoms with E-state index in [1.54, 1.807) is 0 Å². The smallest absolute Gasteiger partial charge is 0.104 e. The largest absolute Gasteiger partial charge is 0.384 e. The lowest BCUT2D eigenvalue weighted by Gasteiger charge is -1.98. The molecule has 1 aliphatic rings. The highest BCUT2D eigenvalue weighted by molar-refractivity contribution is 5.85. The van der Waals surface area contributed by atoms with Gasteiger partial charge in [0.2, 0.25) is 0 Å². The molecule has 0 atom stereocenters. The van der Waals surface area contributed by atoms with Gasteiger partial charge in [-0.15, -0.1) is 0 Å². The van der Waals surface area contributed by atoms with E-state index in [-0.39, 0.29) is 0 Å². The molecule has 3 heteroatoms. The molecule has 0 amide bonds. The molecule has 0 fully saturated rings. The van der Waals surface area contributed by atoms with E-state index >= 15 is 0 Å². The van der Waals surface area contributed by atoms with Crippen LogP contribution in [0.5, 0.6) is 0 Å². The van der Waals surface area contributed by atoms with Crippen LogP contribution in [0.3, 0.4) is 0 Å². The van der Waals surface area contributed by atoms with Crippen molar-refractivity contribution >= 4 is 16.7 Å². The van der Waals surface area contributed by atoms with Crippen LogP contribution in [0, 0.1) is 6.92 Å². The summed E-state index contributed by atoms with van der Waals surface area (Å²) in [4.78, 5) is 7.74. The van der Waals surface area contributed by atoms with E-state index in [4.69, 9.17) is 0 Å². The molecule has 0 saturated carbocycles. The minimum absolute atomic E-state index is 0.996. The number of imidazole rings is 1. The standard InChI is InChI=1S/C10H11N3/c1-6-12-9-3-2-8-7(4-5-11-8)10(9)13-6/h2-3,11H,4-5H2,1H3,(H,12,13). The molecule has 13 heavy (non-hydrogen) atoms. The number of fused-ring (bicyclic) bond motifs is 3. The van der Waals surface area contributed by atoms with Gasteiger partial charge < -0.3 is 10.3 Å². The molecule has 1 aromatic carbocycles. The third-order valence-corrected chi connectivity index (χ3v) is 2.57. The highest BCUT2D eigenvalue weighted by Crippen LogP contribution is 2.28. The molecule has 3 rings (SSSR count). The molecule has 2 aromatic rings. The van der Waals surface area contributed by atoms with Gasteiger partial charge in [-0.25, -0.2) is 4.98 Å². The van der Waals surface area contributed by atoms with Crippen LogP contribution >= 0.6 is 0 Å². The van der Waals surface area contributed by atoms with Gasteiger partial charge in [0, 0.05) is 17.8 Å². The Hall–Kier alpha value is -1.51. The van der Waals surface area contributed by atoms with Gasteiger partial charge in [-0.3, -0.25) is 0 Å². The van der Waals surface area contributed by atoms with Crippen molar-refractivity contribution < 1.29 is 0 Å². The summed E-state index contributed by atoms with van der Waals surface area (Å²) in [5.41, 5.74) is 4.90. The first-order valence-corrected chi connectivity index (χ1v) is 4.57. The molecule has 0 aliphatic carbocycles. The molecule has 0 radical (unpaired) electrons. The van der Waals surface area contributed by atoms with E-state index in [0.717, 1.165) is 29.8 Å². The predicted octanol–water partition coefficient (Wildman–Crippen LogP) is 1.84. The summed E-state index contributed by atoms with van der Waals surface area (Å²) in [5, 5.41) is 3.35. The number of hydrogen-bond acceptors (Lipinski definition) is 2. The summed E-state index contributed by atoms with van der Waals surface area (Å²) < 4.78 is 0. The zero-order chi connectivity index (χ0) is 8.84. The molecule has 66 valence electrons. The molecule has 3 nitrogen and oxygen atoms in total. The Bertz CT molecular complexity index is 470. The average molecular weight is 173 g/mol. The van der Waals surface area contributed by atoms with Crippen molar-refractivity contribution in [3.63, 3.8) is 0 Å². The Balaban J connectivity index is 2.42. The Labute approximate surface area is 76.2 Å². The Morgan fingerprint density at radius 3 is 3.23 bits per heavy atom. The Morgan fingerprint density at radius 1 is 1.38 bits per heavy atom. The fraction of sp³-hybridized carbons (Fsp3) is 0.300. The van der Waals surface area contributed by atoms with Gasteiger partial charge in [0.05, 0.1) is 11.0 Å². The lowest BCUT2D eigenvalue weighted by Crippen LogP contribution is -1.90. The van der Waals surface area contributed by atoms with E-state index in [2.05, 4.69) is 27.4 Å². The average Bonchev–Trinajstić information content (AvgIpc) is 2.65. The molecule has 0 saturated heterocycles. The van der Waals surface area contributed by atoms with Crippen LogP contribution in [-0.4, -0.2) is 16.5 Å². The van der Waals surface area contributed by atoms with Crippen LogP contribution in [0.4, 0.5) is 5.69 Å². The Morgan fingerprint density at radius 2 is 2.31 bits per heavy atom. The number of nitrogens with one attached hydrogen (secondary N) is 2. The Kier molecular flexibility index (Phi) is 1.20. The minimum atomic E-state index is 0.996. The number of anilines is 1. The summed E-state index contributed by atoms with van der Waals surface area (Å²) in [6, 6.07) is 4.22. The number of nitrogens with zero attached hydrogens (tertiary/aromatic N) is 1. The van der Waals surface area contributed by atoms with Crippen molar-refractivity contribution in [2.75, 3.05) is 11.9 Å². The van der Waals surface area contributed by atoms with Crippen molar-refractivity contribution in [3.8, 4) is 0 Å². The lowest BCUT2D eigenvalue weighted by atomic mass is 10.1. The van der Waals surface area contributed by atoms with Gasteiger partial charge >= 0.3 is 0 Å². The number of benzene rings is 1. The van der Waals surface area contributed by atoms with Gasteiger partial charge in [0.1, 0.15) is 5.82 Å². The number of rotatable bonds is 0. The number of aromatic nitrogens is 2. The third kappa shape index (κ3) is 0.869. The maximum atomic E-state index is 4.49. The third-order valence-electron chi connectivity index (χ3n) is 2.57. The molecule has 0 unspecified atom stereocenters. The van der Waals surface area contributed by atoms with Crippen LogP contribution in [0.2, 0.25) is 0 Å². The number of hydrogen-bond donors (Lipinski definition) is 2. The second-order valence-corrected chi connectivity index (χ2v) is 3.49. The van der Waals surface area contributed by atoms with Crippen LogP contribution < -0.4 is 5.32 Å². The molecule has 0 spiro atoms. The zero-order valence-corrected chi connectivity index (χ0v) is 7.52. The predicted molar refractivity (Wildman–Crippen MR) is 53.0 cm³/mol. The zero-order valence-electron chi connectivity index (χ0n) is 7.52. The van der Waals surface area contributed by atoms with Crippen LogP contribution in [0.25, 0.3) is 11.0 Å². The highest BCUT2D eigenvalue weighted by atomic mass is 14.9. The van der Waals surface area contributed by atoms with Crippen molar-refractivity contribution in [2.45, 2.75) is 13.3 Å².